The molecule has 2 heterocycles. The molecule has 0 radical (unpaired) electrons. The second-order valence-corrected chi connectivity index (χ2v) is 7.67. The lowest BCUT2D eigenvalue weighted by molar-refractivity contribution is -0.113. The number of aryl methyl sites for hydroxylation is 1. The maximum absolute atomic E-state index is 12.8. The molecule has 0 saturated heterocycles. The van der Waals surface area contributed by atoms with Crippen LogP contribution in [0.1, 0.15) is 12.5 Å². The molecule has 7 nitrogen and oxygen atoms in total. The molecule has 0 aliphatic rings. The first kappa shape index (κ1) is 19.9. The molecular formula is C22H21N5O2S. The summed E-state index contributed by atoms with van der Waals surface area (Å²) in [6.07, 6.45) is 2.60. The van der Waals surface area contributed by atoms with Gasteiger partial charge in [0.1, 0.15) is 0 Å². The number of anilines is 1. The first-order valence-electron chi connectivity index (χ1n) is 9.61. The fraction of sp³-hybridized carbons (Fsp3) is 0.182. The number of nitrogens with zero attached hydrogens (tertiary/aromatic N) is 4. The van der Waals surface area contributed by atoms with E-state index in [9.17, 15) is 9.59 Å². The number of rotatable bonds is 7. The number of amides is 1. The number of nitrogens with one attached hydrogen (secondary N) is 1. The first-order chi connectivity index (χ1) is 14.6. The van der Waals surface area contributed by atoms with Gasteiger partial charge in [-0.05, 0) is 36.2 Å². The molecule has 0 aliphatic heterocycles. The van der Waals surface area contributed by atoms with Crippen LogP contribution in [-0.4, -0.2) is 30.8 Å². The van der Waals surface area contributed by atoms with Crippen molar-refractivity contribution in [3.8, 4) is 0 Å². The van der Waals surface area contributed by atoms with Gasteiger partial charge in [0.2, 0.25) is 11.7 Å². The Morgan fingerprint density at radius 3 is 2.67 bits per heavy atom. The second-order valence-electron chi connectivity index (χ2n) is 6.73. The Kier molecular flexibility index (Phi) is 5.67. The largest absolute Gasteiger partial charge is 0.325 e. The Balaban J connectivity index is 1.62. The van der Waals surface area contributed by atoms with E-state index < -0.39 is 0 Å². The Bertz CT molecular complexity index is 1290. The highest BCUT2D eigenvalue weighted by Crippen LogP contribution is 2.22. The van der Waals surface area contributed by atoms with Gasteiger partial charge in [-0.2, -0.15) is 0 Å². The fourth-order valence-electron chi connectivity index (χ4n) is 3.27. The number of carbonyl (C=O) groups is 1. The maximum atomic E-state index is 12.8. The van der Waals surface area contributed by atoms with Crippen LogP contribution in [0.25, 0.3) is 16.7 Å². The van der Waals surface area contributed by atoms with Crippen molar-refractivity contribution >= 4 is 40.0 Å². The van der Waals surface area contributed by atoms with Crippen LogP contribution in [0.4, 0.5) is 5.69 Å². The van der Waals surface area contributed by atoms with Crippen molar-refractivity contribution in [3.63, 3.8) is 0 Å². The molecule has 30 heavy (non-hydrogen) atoms. The van der Waals surface area contributed by atoms with Crippen LogP contribution in [0.2, 0.25) is 0 Å². The highest BCUT2D eigenvalue weighted by Gasteiger charge is 2.17. The maximum Gasteiger partial charge on any atom is 0.263 e. The second kappa shape index (κ2) is 8.54. The predicted molar refractivity (Wildman–Crippen MR) is 120 cm³/mol. The molecule has 2 aromatic heterocycles. The molecule has 4 aromatic rings. The molecule has 0 atom stereocenters. The molecule has 0 unspecified atom stereocenters. The molecule has 1 N–H and O–H groups in total. The van der Waals surface area contributed by atoms with E-state index >= 15 is 0 Å². The number of carbonyl (C=O) groups excluding carboxylic acids is 1. The van der Waals surface area contributed by atoms with Crippen molar-refractivity contribution in [1.29, 1.82) is 0 Å². The molecule has 152 valence electrons. The predicted octanol–water partition coefficient (Wildman–Crippen LogP) is 3.52. The van der Waals surface area contributed by atoms with Gasteiger partial charge in [-0.25, -0.2) is 0 Å². The van der Waals surface area contributed by atoms with Crippen molar-refractivity contribution in [2.45, 2.75) is 25.0 Å². The van der Waals surface area contributed by atoms with Crippen LogP contribution in [-0.2, 0) is 17.8 Å². The summed E-state index contributed by atoms with van der Waals surface area (Å²) in [6, 6.07) is 15.1. The SMILES string of the molecule is C=CCn1c(=O)c2ccccc2n2c(SCC(=O)Nc3ccc(CC)cc3)nnc12. The molecule has 2 aromatic carbocycles. The van der Waals surface area contributed by atoms with Crippen LogP contribution in [0.5, 0.6) is 0 Å². The number of hydrogen-bond acceptors (Lipinski definition) is 5. The molecule has 8 heteroatoms. The third-order valence-electron chi connectivity index (χ3n) is 4.77. The molecule has 0 spiro atoms. The van der Waals surface area contributed by atoms with Gasteiger partial charge in [-0.1, -0.05) is 49.0 Å². The summed E-state index contributed by atoms with van der Waals surface area (Å²) >= 11 is 1.28. The standard InChI is InChI=1S/C22H21N5O2S/c1-3-13-26-20(29)17-7-5-6-8-18(17)27-21(26)24-25-22(27)30-14-19(28)23-16-11-9-15(4-2)10-12-16/h3,5-12H,1,4,13-14H2,2H3,(H,23,28). The number of thioether (sulfide) groups is 1. The summed E-state index contributed by atoms with van der Waals surface area (Å²) in [5.74, 6) is 0.465. The number of para-hydroxylation sites is 1. The van der Waals surface area contributed by atoms with E-state index in [1.165, 1.54) is 21.9 Å². The monoisotopic (exact) mass is 419 g/mol. The third-order valence-corrected chi connectivity index (χ3v) is 5.70. The van der Waals surface area contributed by atoms with Crippen molar-refractivity contribution in [3.05, 3.63) is 77.1 Å². The quantitative estimate of drug-likeness (QED) is 0.366. The van der Waals surface area contributed by atoms with Gasteiger partial charge in [-0.15, -0.1) is 16.8 Å². The van der Waals surface area contributed by atoms with Gasteiger partial charge in [0.15, 0.2) is 5.16 Å². The van der Waals surface area contributed by atoms with Crippen molar-refractivity contribution < 1.29 is 4.79 Å². The lowest BCUT2D eigenvalue weighted by Crippen LogP contribution is -2.22. The molecule has 0 fully saturated rings. The molecule has 1 amide bonds. The smallest absolute Gasteiger partial charge is 0.263 e. The van der Waals surface area contributed by atoms with E-state index in [1.807, 2.05) is 46.9 Å². The van der Waals surface area contributed by atoms with Crippen LogP contribution >= 0.6 is 11.8 Å². The molecule has 0 bridgehead atoms. The van der Waals surface area contributed by atoms with Crippen LogP contribution in [0, 0.1) is 0 Å². The number of fused-ring (bicyclic) bond motifs is 3. The zero-order valence-electron chi connectivity index (χ0n) is 16.5. The van der Waals surface area contributed by atoms with Crippen molar-refractivity contribution in [2.75, 3.05) is 11.1 Å². The summed E-state index contributed by atoms with van der Waals surface area (Å²) < 4.78 is 3.34. The minimum atomic E-state index is -0.143. The fourth-order valence-corrected chi connectivity index (χ4v) is 4.01. The lowest BCUT2D eigenvalue weighted by Gasteiger charge is -2.09. The average molecular weight is 420 g/mol. The van der Waals surface area contributed by atoms with Crippen LogP contribution in [0.3, 0.4) is 0 Å². The van der Waals surface area contributed by atoms with E-state index in [-0.39, 0.29) is 17.2 Å². The van der Waals surface area contributed by atoms with E-state index in [4.69, 9.17) is 0 Å². The topological polar surface area (TPSA) is 81.3 Å². The highest BCUT2D eigenvalue weighted by molar-refractivity contribution is 7.99. The summed E-state index contributed by atoms with van der Waals surface area (Å²) in [6.45, 7) is 6.14. The lowest BCUT2D eigenvalue weighted by atomic mass is 10.1. The molecule has 4 rings (SSSR count). The van der Waals surface area contributed by atoms with Crippen molar-refractivity contribution in [1.82, 2.24) is 19.2 Å². The molecule has 0 aliphatic carbocycles. The van der Waals surface area contributed by atoms with E-state index in [1.54, 1.807) is 12.1 Å². The zero-order valence-corrected chi connectivity index (χ0v) is 17.4. The van der Waals surface area contributed by atoms with Crippen LogP contribution < -0.4 is 10.9 Å². The number of aromatic nitrogens is 4. The Hall–Kier alpha value is -3.39. The summed E-state index contributed by atoms with van der Waals surface area (Å²) in [5, 5.41) is 12.4. The van der Waals surface area contributed by atoms with Gasteiger partial charge in [0.05, 0.1) is 16.7 Å². The number of allylic oxidation sites excluding steroid dienone is 1. The first-order valence-corrected chi connectivity index (χ1v) is 10.6. The van der Waals surface area contributed by atoms with E-state index in [0.29, 0.717) is 28.4 Å². The average Bonchev–Trinajstić information content (AvgIpc) is 3.20. The number of benzene rings is 2. The summed E-state index contributed by atoms with van der Waals surface area (Å²) in [4.78, 5) is 25.2. The highest BCUT2D eigenvalue weighted by atomic mass is 32.2. The van der Waals surface area contributed by atoms with Crippen molar-refractivity contribution in [2.24, 2.45) is 0 Å². The molecule has 0 saturated carbocycles. The number of hydrogen-bond donors (Lipinski definition) is 1. The summed E-state index contributed by atoms with van der Waals surface area (Å²) in [7, 11) is 0. The van der Waals surface area contributed by atoms with E-state index in [0.717, 1.165) is 12.1 Å². The zero-order chi connectivity index (χ0) is 21.1. The minimum Gasteiger partial charge on any atom is -0.325 e. The van der Waals surface area contributed by atoms with Gasteiger partial charge >= 0.3 is 0 Å². The normalized spacial score (nSPS) is 11.1. The third kappa shape index (κ3) is 3.73. The minimum absolute atomic E-state index is 0.135. The van der Waals surface area contributed by atoms with Gasteiger partial charge in [-0.3, -0.25) is 18.6 Å². The Labute approximate surface area is 177 Å². The molecular weight excluding hydrogens is 398 g/mol. The van der Waals surface area contributed by atoms with E-state index in [2.05, 4.69) is 29.0 Å². The van der Waals surface area contributed by atoms with Gasteiger partial charge in [0, 0.05) is 12.2 Å². The van der Waals surface area contributed by atoms with Gasteiger partial charge < -0.3 is 5.32 Å². The van der Waals surface area contributed by atoms with Gasteiger partial charge in [0.25, 0.3) is 5.56 Å². The Morgan fingerprint density at radius 2 is 1.93 bits per heavy atom. The Morgan fingerprint density at radius 1 is 1.17 bits per heavy atom. The van der Waals surface area contributed by atoms with Crippen LogP contribution in [0.15, 0.2) is 71.1 Å². The summed E-state index contributed by atoms with van der Waals surface area (Å²) in [5.41, 5.74) is 2.54.